The topological polar surface area (TPSA) is 129 Å². The van der Waals surface area contributed by atoms with Gasteiger partial charge in [-0.2, -0.15) is 5.10 Å². The van der Waals surface area contributed by atoms with E-state index in [1.165, 1.54) is 11.6 Å². The van der Waals surface area contributed by atoms with Crippen molar-refractivity contribution >= 4 is 28.7 Å². The van der Waals surface area contributed by atoms with Crippen LogP contribution in [0.15, 0.2) is 36.7 Å². The summed E-state index contributed by atoms with van der Waals surface area (Å²) in [4.78, 5) is 48.2. The molecular formula is C28H34N6O5. The second-order valence-corrected chi connectivity index (χ2v) is 11.4. The number of hydrogen-bond donors (Lipinski definition) is 1. The van der Waals surface area contributed by atoms with Gasteiger partial charge >= 0.3 is 6.09 Å². The number of nitrogens with one attached hydrogen (secondary N) is 1. The minimum atomic E-state index is -0.606. The van der Waals surface area contributed by atoms with Crippen LogP contribution in [0.4, 0.5) is 4.79 Å². The highest BCUT2D eigenvalue weighted by Gasteiger charge is 2.55. The Morgan fingerprint density at radius 2 is 1.90 bits per heavy atom. The molecule has 0 radical (unpaired) electrons. The molecule has 39 heavy (non-hydrogen) atoms. The highest BCUT2D eigenvalue weighted by molar-refractivity contribution is 6.05. The summed E-state index contributed by atoms with van der Waals surface area (Å²) in [6, 6.07) is 7.08. The molecule has 206 valence electrons. The van der Waals surface area contributed by atoms with Gasteiger partial charge in [-0.1, -0.05) is 20.8 Å². The molecule has 1 aromatic carbocycles. The maximum atomic E-state index is 13.5. The number of rotatable bonds is 9. The molecule has 1 saturated heterocycles. The molecule has 2 aromatic heterocycles. The molecule has 3 aromatic rings. The van der Waals surface area contributed by atoms with E-state index in [1.54, 1.807) is 41.6 Å². The SMILES string of the molecule is CC(=O)c1nn(CC(=O)N2[C@@H](OC(=O)NCCC(C)(C)C)C[C@H]3C[C@H]32)c2ccc(OCc3ncccn3)cc12. The lowest BCUT2D eigenvalue weighted by Crippen LogP contribution is -2.44. The number of nitrogens with zero attached hydrogens (tertiary/aromatic N) is 5. The van der Waals surface area contributed by atoms with E-state index < -0.39 is 12.3 Å². The molecule has 0 bridgehead atoms. The van der Waals surface area contributed by atoms with Gasteiger partial charge in [-0.25, -0.2) is 14.8 Å². The Balaban J connectivity index is 1.28. The molecule has 2 amide bonds. The van der Waals surface area contributed by atoms with Crippen LogP contribution in [0.3, 0.4) is 0 Å². The van der Waals surface area contributed by atoms with E-state index >= 15 is 0 Å². The maximum Gasteiger partial charge on any atom is 0.409 e. The van der Waals surface area contributed by atoms with Crippen molar-refractivity contribution in [2.45, 2.75) is 72.4 Å². The van der Waals surface area contributed by atoms with E-state index in [4.69, 9.17) is 9.47 Å². The first-order chi connectivity index (χ1) is 18.6. The predicted octanol–water partition coefficient (Wildman–Crippen LogP) is 3.72. The fourth-order valence-electron chi connectivity index (χ4n) is 4.96. The number of fused-ring (bicyclic) bond motifs is 2. The zero-order valence-electron chi connectivity index (χ0n) is 22.7. The second kappa shape index (κ2) is 10.6. The first-order valence-corrected chi connectivity index (χ1v) is 13.2. The van der Waals surface area contributed by atoms with Crippen LogP contribution in [0, 0.1) is 11.3 Å². The van der Waals surface area contributed by atoms with E-state index in [-0.39, 0.29) is 42.0 Å². The first kappa shape index (κ1) is 26.6. The average Bonchev–Trinajstić information content (AvgIpc) is 3.39. The number of carbonyl (C=O) groups excluding carboxylic acids is 3. The highest BCUT2D eigenvalue weighted by Crippen LogP contribution is 2.48. The summed E-state index contributed by atoms with van der Waals surface area (Å²) in [5.74, 6) is 1.00. The molecule has 1 saturated carbocycles. The van der Waals surface area contributed by atoms with Crippen LogP contribution in [0.2, 0.25) is 0 Å². The summed E-state index contributed by atoms with van der Waals surface area (Å²) >= 11 is 0. The lowest BCUT2D eigenvalue weighted by Gasteiger charge is -2.27. The normalized spacial score (nSPS) is 20.0. The third kappa shape index (κ3) is 6.18. The lowest BCUT2D eigenvalue weighted by atomic mass is 9.92. The Hall–Kier alpha value is -4.02. The van der Waals surface area contributed by atoms with Crippen LogP contribution >= 0.6 is 0 Å². The number of hydrogen-bond acceptors (Lipinski definition) is 8. The first-order valence-electron chi connectivity index (χ1n) is 13.2. The number of Topliss-reactive ketones (excluding diaryl/α,β-unsaturated/α-hetero) is 1. The van der Waals surface area contributed by atoms with Gasteiger partial charge in [0.05, 0.1) is 5.52 Å². The van der Waals surface area contributed by atoms with Crippen molar-refractivity contribution < 1.29 is 23.9 Å². The van der Waals surface area contributed by atoms with Gasteiger partial charge in [0.15, 0.2) is 17.8 Å². The van der Waals surface area contributed by atoms with Crippen molar-refractivity contribution in [3.8, 4) is 5.75 Å². The third-order valence-corrected chi connectivity index (χ3v) is 7.06. The zero-order valence-corrected chi connectivity index (χ0v) is 22.7. The van der Waals surface area contributed by atoms with Gasteiger partial charge in [-0.3, -0.25) is 14.3 Å². The summed E-state index contributed by atoms with van der Waals surface area (Å²) in [6.45, 7) is 8.37. The summed E-state index contributed by atoms with van der Waals surface area (Å²) < 4.78 is 13.0. The summed E-state index contributed by atoms with van der Waals surface area (Å²) in [5.41, 5.74) is 0.996. The largest absolute Gasteiger partial charge is 0.486 e. The van der Waals surface area contributed by atoms with Gasteiger partial charge in [0.1, 0.15) is 24.6 Å². The highest BCUT2D eigenvalue weighted by atomic mass is 16.6. The predicted molar refractivity (Wildman–Crippen MR) is 142 cm³/mol. The molecule has 1 aliphatic carbocycles. The minimum Gasteiger partial charge on any atom is -0.486 e. The molecule has 1 N–H and O–H groups in total. The van der Waals surface area contributed by atoms with Crippen molar-refractivity contribution in [1.29, 1.82) is 0 Å². The Labute approximate surface area is 226 Å². The Morgan fingerprint density at radius 1 is 1.13 bits per heavy atom. The molecule has 0 spiro atoms. The number of likely N-dealkylation sites (tertiary alicyclic amines) is 1. The molecule has 1 aliphatic heterocycles. The quantitative estimate of drug-likeness (QED) is 0.412. The van der Waals surface area contributed by atoms with Crippen molar-refractivity contribution in [3.63, 3.8) is 0 Å². The third-order valence-electron chi connectivity index (χ3n) is 7.06. The number of piperidine rings is 1. The van der Waals surface area contributed by atoms with Crippen LogP contribution in [0.25, 0.3) is 10.9 Å². The maximum absolute atomic E-state index is 13.5. The Bertz CT molecular complexity index is 1380. The second-order valence-electron chi connectivity index (χ2n) is 11.4. The van der Waals surface area contributed by atoms with Crippen molar-refractivity contribution in [2.24, 2.45) is 11.3 Å². The number of aromatic nitrogens is 4. The summed E-state index contributed by atoms with van der Waals surface area (Å²) in [7, 11) is 0. The molecule has 2 fully saturated rings. The molecule has 5 rings (SSSR count). The van der Waals surface area contributed by atoms with Gasteiger partial charge in [0.25, 0.3) is 0 Å². The number of alkyl carbamates (subject to hydrolysis) is 1. The smallest absolute Gasteiger partial charge is 0.409 e. The van der Waals surface area contributed by atoms with Gasteiger partial charge < -0.3 is 19.7 Å². The van der Waals surface area contributed by atoms with E-state index in [0.29, 0.717) is 41.4 Å². The monoisotopic (exact) mass is 534 g/mol. The van der Waals surface area contributed by atoms with Crippen molar-refractivity contribution in [1.82, 2.24) is 30.0 Å². The van der Waals surface area contributed by atoms with E-state index in [0.717, 1.165) is 12.8 Å². The number of amides is 2. The van der Waals surface area contributed by atoms with Crippen molar-refractivity contribution in [3.05, 3.63) is 48.2 Å². The van der Waals surface area contributed by atoms with Crippen molar-refractivity contribution in [2.75, 3.05) is 6.54 Å². The van der Waals surface area contributed by atoms with Crippen LogP contribution < -0.4 is 10.1 Å². The summed E-state index contributed by atoms with van der Waals surface area (Å²) in [5, 5.41) is 7.86. The van der Waals surface area contributed by atoms with Crippen LogP contribution in [-0.2, 0) is 22.7 Å². The molecule has 3 heterocycles. The van der Waals surface area contributed by atoms with E-state index in [1.807, 2.05) is 0 Å². The van der Waals surface area contributed by atoms with Gasteiger partial charge in [-0.15, -0.1) is 0 Å². The molecule has 3 atom stereocenters. The Morgan fingerprint density at radius 3 is 2.62 bits per heavy atom. The Kier molecular flexibility index (Phi) is 7.24. The number of carbonyl (C=O) groups is 3. The molecule has 0 unspecified atom stereocenters. The van der Waals surface area contributed by atoms with E-state index in [9.17, 15) is 14.4 Å². The molecular weight excluding hydrogens is 500 g/mol. The fourth-order valence-corrected chi connectivity index (χ4v) is 4.96. The zero-order chi connectivity index (χ0) is 27.7. The standard InChI is InChI=1S/C28H34N6O5/c1-17(35)26-20-14-19(38-16-23-29-9-5-10-30-23)6-7-21(20)33(32-26)15-24(36)34-22-12-18(22)13-25(34)39-27(37)31-11-8-28(2,3)4/h5-7,9-10,14,18,22,25H,8,11-13,15-16H2,1-4H3,(H,31,37)/t18-,22-,25+/m1/s1. The molecule has 2 aliphatic rings. The van der Waals surface area contributed by atoms with Gasteiger partial charge in [0, 0.05) is 43.7 Å². The fraction of sp³-hybridized carbons (Fsp3) is 0.500. The van der Waals surface area contributed by atoms with Crippen LogP contribution in [0.5, 0.6) is 5.75 Å². The molecule has 11 nitrogen and oxygen atoms in total. The number of ketones is 1. The number of ether oxygens (including phenoxy) is 2. The van der Waals surface area contributed by atoms with Gasteiger partial charge in [0.2, 0.25) is 5.91 Å². The summed E-state index contributed by atoms with van der Waals surface area (Å²) in [6.07, 6.45) is 4.52. The minimum absolute atomic E-state index is 0.0687. The average molecular weight is 535 g/mol. The van der Waals surface area contributed by atoms with Gasteiger partial charge in [-0.05, 0) is 48.4 Å². The lowest BCUT2D eigenvalue weighted by molar-refractivity contribution is -0.140. The van der Waals surface area contributed by atoms with Crippen LogP contribution in [0.1, 0.15) is 63.3 Å². The van der Waals surface area contributed by atoms with Crippen LogP contribution in [-0.4, -0.2) is 61.2 Å². The van der Waals surface area contributed by atoms with E-state index in [2.05, 4.69) is 41.2 Å². The molecule has 11 heteroatoms. The number of benzene rings is 1.